The number of hydrogen-bond donors (Lipinski definition) is 1. The van der Waals surface area contributed by atoms with E-state index in [1.165, 1.54) is 17.0 Å². The number of carbonyl (C=O) groups is 2. The Kier molecular flexibility index (Phi) is 2.98. The van der Waals surface area contributed by atoms with E-state index < -0.39 is 11.2 Å². The summed E-state index contributed by atoms with van der Waals surface area (Å²) in [7, 11) is 0. The van der Waals surface area contributed by atoms with E-state index >= 15 is 0 Å². The van der Waals surface area contributed by atoms with Crippen molar-refractivity contribution in [3.8, 4) is 0 Å². The van der Waals surface area contributed by atoms with Crippen molar-refractivity contribution in [2.75, 3.05) is 16.8 Å². The van der Waals surface area contributed by atoms with E-state index in [0.29, 0.717) is 12.1 Å². The van der Waals surface area contributed by atoms with Crippen LogP contribution in [0.1, 0.15) is 18.4 Å². The van der Waals surface area contributed by atoms with Gasteiger partial charge in [0, 0.05) is 24.3 Å². The van der Waals surface area contributed by atoms with Crippen LogP contribution in [0.5, 0.6) is 0 Å². The lowest BCUT2D eigenvalue weighted by Gasteiger charge is -2.38. The Balaban J connectivity index is 1.78. The SMILES string of the molecule is O=C1CCC2(CN1c1cccc(F)c1)C(=O)Nc1ccccc12. The van der Waals surface area contributed by atoms with Crippen LogP contribution in [0.25, 0.3) is 0 Å². The first-order chi connectivity index (χ1) is 11.1. The molecule has 23 heavy (non-hydrogen) atoms. The predicted molar refractivity (Wildman–Crippen MR) is 84.7 cm³/mol. The Bertz CT molecular complexity index is 820. The number of benzene rings is 2. The topological polar surface area (TPSA) is 49.4 Å². The first-order valence-electron chi connectivity index (χ1n) is 7.57. The summed E-state index contributed by atoms with van der Waals surface area (Å²) in [6.45, 7) is 0.234. The number of amides is 2. The van der Waals surface area contributed by atoms with Crippen molar-refractivity contribution in [2.24, 2.45) is 0 Å². The molecule has 2 aromatic rings. The number of nitrogens with zero attached hydrogens (tertiary/aromatic N) is 1. The van der Waals surface area contributed by atoms with E-state index in [0.717, 1.165) is 11.3 Å². The molecule has 0 aromatic heterocycles. The molecule has 1 fully saturated rings. The number of fused-ring (bicyclic) bond motifs is 2. The number of carbonyl (C=O) groups excluding carboxylic acids is 2. The molecule has 2 heterocycles. The summed E-state index contributed by atoms with van der Waals surface area (Å²) in [6.07, 6.45) is 0.735. The minimum absolute atomic E-state index is 0.0848. The Hall–Kier alpha value is -2.69. The maximum absolute atomic E-state index is 13.5. The molecule has 2 aliphatic heterocycles. The molecular weight excluding hydrogens is 295 g/mol. The smallest absolute Gasteiger partial charge is 0.236 e. The van der Waals surface area contributed by atoms with Gasteiger partial charge in [-0.1, -0.05) is 24.3 Å². The van der Waals surface area contributed by atoms with Crippen LogP contribution >= 0.6 is 0 Å². The monoisotopic (exact) mass is 310 g/mol. The fourth-order valence-electron chi connectivity index (χ4n) is 3.55. The molecule has 5 heteroatoms. The Morgan fingerprint density at radius 2 is 1.91 bits per heavy atom. The second-order valence-electron chi connectivity index (χ2n) is 6.04. The Morgan fingerprint density at radius 1 is 1.09 bits per heavy atom. The summed E-state index contributed by atoms with van der Waals surface area (Å²) < 4.78 is 13.5. The third-order valence-electron chi connectivity index (χ3n) is 4.74. The van der Waals surface area contributed by atoms with Crippen molar-refractivity contribution in [1.82, 2.24) is 0 Å². The molecule has 116 valence electrons. The first kappa shape index (κ1) is 13.9. The number of piperidine rings is 1. The van der Waals surface area contributed by atoms with Gasteiger partial charge in [0.05, 0.1) is 5.41 Å². The number of rotatable bonds is 1. The van der Waals surface area contributed by atoms with Crippen LogP contribution in [0.3, 0.4) is 0 Å². The highest BCUT2D eigenvalue weighted by Crippen LogP contribution is 2.44. The van der Waals surface area contributed by atoms with Crippen molar-refractivity contribution >= 4 is 23.2 Å². The van der Waals surface area contributed by atoms with Crippen LogP contribution in [0.4, 0.5) is 15.8 Å². The third kappa shape index (κ3) is 2.04. The highest BCUT2D eigenvalue weighted by atomic mass is 19.1. The third-order valence-corrected chi connectivity index (χ3v) is 4.74. The first-order valence-corrected chi connectivity index (χ1v) is 7.57. The number of nitrogens with one attached hydrogen (secondary N) is 1. The van der Waals surface area contributed by atoms with Crippen molar-refractivity contribution in [3.05, 3.63) is 59.9 Å². The molecule has 2 amide bonds. The summed E-state index contributed by atoms with van der Waals surface area (Å²) in [6, 6.07) is 13.5. The Morgan fingerprint density at radius 3 is 2.74 bits per heavy atom. The predicted octanol–water partition coefficient (Wildman–Crippen LogP) is 2.84. The van der Waals surface area contributed by atoms with Crippen LogP contribution in [-0.2, 0) is 15.0 Å². The average Bonchev–Trinajstić information content (AvgIpc) is 2.82. The van der Waals surface area contributed by atoms with Crippen LogP contribution in [-0.4, -0.2) is 18.4 Å². The van der Waals surface area contributed by atoms with E-state index in [9.17, 15) is 14.0 Å². The molecule has 2 aliphatic rings. The number of hydrogen-bond acceptors (Lipinski definition) is 2. The standard InChI is InChI=1S/C18H15FN2O2/c19-12-4-3-5-13(10-12)21-11-18(9-8-16(21)22)14-6-1-2-7-15(14)20-17(18)23/h1-7,10H,8-9,11H2,(H,20,23). The van der Waals surface area contributed by atoms with E-state index in [4.69, 9.17) is 0 Å². The van der Waals surface area contributed by atoms with Crippen molar-refractivity contribution in [2.45, 2.75) is 18.3 Å². The molecule has 1 spiro atoms. The lowest BCUT2D eigenvalue weighted by molar-refractivity contribution is -0.125. The van der Waals surface area contributed by atoms with E-state index in [1.807, 2.05) is 24.3 Å². The number of para-hydroxylation sites is 1. The van der Waals surface area contributed by atoms with Gasteiger partial charge in [0.1, 0.15) is 5.82 Å². The average molecular weight is 310 g/mol. The van der Waals surface area contributed by atoms with Crippen LogP contribution in [0, 0.1) is 5.82 Å². The number of halogens is 1. The minimum Gasteiger partial charge on any atom is -0.325 e. The maximum atomic E-state index is 13.5. The highest BCUT2D eigenvalue weighted by molar-refractivity contribution is 6.09. The second kappa shape index (κ2) is 4.91. The lowest BCUT2D eigenvalue weighted by atomic mass is 9.74. The Labute approximate surface area is 132 Å². The zero-order chi connectivity index (χ0) is 16.0. The highest BCUT2D eigenvalue weighted by Gasteiger charge is 2.51. The van der Waals surface area contributed by atoms with Crippen molar-refractivity contribution in [3.63, 3.8) is 0 Å². The normalized spacial score (nSPS) is 23.1. The van der Waals surface area contributed by atoms with Crippen LogP contribution in [0.2, 0.25) is 0 Å². The summed E-state index contributed by atoms with van der Waals surface area (Å²) in [5.41, 5.74) is 1.45. The van der Waals surface area contributed by atoms with E-state index in [1.54, 1.807) is 12.1 Å². The molecule has 0 aliphatic carbocycles. The van der Waals surface area contributed by atoms with Gasteiger partial charge in [0.2, 0.25) is 11.8 Å². The van der Waals surface area contributed by atoms with Crippen molar-refractivity contribution in [1.29, 1.82) is 0 Å². The lowest BCUT2D eigenvalue weighted by Crippen LogP contribution is -2.52. The minimum atomic E-state index is -0.753. The zero-order valence-electron chi connectivity index (χ0n) is 12.4. The van der Waals surface area contributed by atoms with E-state index in [-0.39, 0.29) is 24.8 Å². The summed E-state index contributed by atoms with van der Waals surface area (Å²) >= 11 is 0. The van der Waals surface area contributed by atoms with Gasteiger partial charge in [-0.05, 0) is 36.2 Å². The molecule has 2 aromatic carbocycles. The molecule has 0 radical (unpaired) electrons. The quantitative estimate of drug-likeness (QED) is 0.880. The fraction of sp³-hybridized carbons (Fsp3) is 0.222. The van der Waals surface area contributed by atoms with Crippen LogP contribution in [0.15, 0.2) is 48.5 Å². The maximum Gasteiger partial charge on any atom is 0.236 e. The van der Waals surface area contributed by atoms with Gasteiger partial charge in [-0.3, -0.25) is 9.59 Å². The molecule has 0 saturated carbocycles. The fourth-order valence-corrected chi connectivity index (χ4v) is 3.55. The zero-order valence-corrected chi connectivity index (χ0v) is 12.4. The van der Waals surface area contributed by atoms with Crippen molar-refractivity contribution < 1.29 is 14.0 Å². The molecule has 1 unspecified atom stereocenters. The van der Waals surface area contributed by atoms with Gasteiger partial charge in [-0.15, -0.1) is 0 Å². The van der Waals surface area contributed by atoms with Gasteiger partial charge < -0.3 is 10.2 Å². The van der Waals surface area contributed by atoms with Gasteiger partial charge >= 0.3 is 0 Å². The summed E-state index contributed by atoms with van der Waals surface area (Å²) in [4.78, 5) is 26.5. The summed E-state index contributed by atoms with van der Waals surface area (Å²) in [5, 5.41) is 2.91. The largest absolute Gasteiger partial charge is 0.325 e. The van der Waals surface area contributed by atoms with Gasteiger partial charge in [0.25, 0.3) is 0 Å². The molecule has 1 atom stereocenters. The number of anilines is 2. The second-order valence-corrected chi connectivity index (χ2v) is 6.04. The molecule has 1 N–H and O–H groups in total. The van der Waals surface area contributed by atoms with Gasteiger partial charge in [-0.25, -0.2) is 4.39 Å². The summed E-state index contributed by atoms with van der Waals surface area (Å²) in [5.74, 6) is -0.572. The molecule has 4 nitrogen and oxygen atoms in total. The van der Waals surface area contributed by atoms with E-state index in [2.05, 4.69) is 5.32 Å². The van der Waals surface area contributed by atoms with Gasteiger partial charge in [0.15, 0.2) is 0 Å². The van der Waals surface area contributed by atoms with Gasteiger partial charge in [-0.2, -0.15) is 0 Å². The molecular formula is C18H15FN2O2. The molecule has 4 rings (SSSR count). The van der Waals surface area contributed by atoms with Crippen LogP contribution < -0.4 is 10.2 Å². The molecule has 1 saturated heterocycles. The molecule has 0 bridgehead atoms.